The van der Waals surface area contributed by atoms with E-state index in [1.165, 1.54) is 0 Å². The van der Waals surface area contributed by atoms with Crippen LogP contribution in [0.5, 0.6) is 0 Å². The van der Waals surface area contributed by atoms with Crippen LogP contribution in [0.25, 0.3) is 0 Å². The van der Waals surface area contributed by atoms with Crippen LogP contribution in [0.4, 0.5) is 11.4 Å². The monoisotopic (exact) mass is 255 g/mol. The number of nitrogens with two attached hydrogens (primary N) is 1. The number of aryl methyl sites for hydroxylation is 1. The first kappa shape index (κ1) is 13.1. The first-order valence-electron chi connectivity index (χ1n) is 6.21. The number of carbonyl (C=O) groups excluding carboxylic acids is 1. The molecule has 0 bridgehead atoms. The van der Waals surface area contributed by atoms with Crippen molar-refractivity contribution in [1.29, 1.82) is 0 Å². The van der Waals surface area contributed by atoms with Crippen molar-refractivity contribution in [3.63, 3.8) is 0 Å². The maximum absolute atomic E-state index is 12.3. The maximum atomic E-state index is 12.3. The van der Waals surface area contributed by atoms with E-state index in [-0.39, 0.29) is 5.91 Å². The van der Waals surface area contributed by atoms with E-state index in [9.17, 15) is 4.79 Å². The molecule has 1 amide bonds. The highest BCUT2D eigenvalue weighted by molar-refractivity contribution is 6.08. The molecule has 0 fully saturated rings. The van der Waals surface area contributed by atoms with Crippen molar-refractivity contribution in [1.82, 2.24) is 0 Å². The summed E-state index contributed by atoms with van der Waals surface area (Å²) in [6.45, 7) is 2.06. The molecule has 2 rings (SSSR count). The molecule has 4 nitrogen and oxygen atoms in total. The Morgan fingerprint density at radius 2 is 1.68 bits per heavy atom. The summed E-state index contributed by atoms with van der Waals surface area (Å²) in [4.78, 5) is 12.3. The Morgan fingerprint density at radius 1 is 1.05 bits per heavy atom. The molecule has 4 heteroatoms. The summed E-state index contributed by atoms with van der Waals surface area (Å²) in [5.74, 6) is 5.24. The number of anilines is 2. The van der Waals surface area contributed by atoms with E-state index in [4.69, 9.17) is 5.84 Å². The van der Waals surface area contributed by atoms with Crippen molar-refractivity contribution in [2.24, 2.45) is 5.84 Å². The molecule has 2 aromatic rings. The van der Waals surface area contributed by atoms with E-state index < -0.39 is 0 Å². The molecule has 0 radical (unpaired) electrons. The van der Waals surface area contributed by atoms with Crippen LogP contribution in [0.2, 0.25) is 0 Å². The number of hydrazine groups is 1. The van der Waals surface area contributed by atoms with Gasteiger partial charge >= 0.3 is 0 Å². The summed E-state index contributed by atoms with van der Waals surface area (Å²) in [6, 6.07) is 14.9. The molecule has 0 aliphatic rings. The standard InChI is InChI=1S/C15H17N3O/c1-2-11-7-3-5-9-13(11)17-15(19)12-8-4-6-10-14(12)18-16/h3-10,18H,2,16H2,1H3,(H,17,19). The van der Waals surface area contributed by atoms with Gasteiger partial charge in [-0.2, -0.15) is 0 Å². The van der Waals surface area contributed by atoms with Crippen LogP contribution < -0.4 is 16.6 Å². The zero-order valence-corrected chi connectivity index (χ0v) is 10.8. The molecule has 4 N–H and O–H groups in total. The summed E-state index contributed by atoms with van der Waals surface area (Å²) >= 11 is 0. The Hall–Kier alpha value is -2.33. The van der Waals surface area contributed by atoms with Gasteiger partial charge in [0, 0.05) is 5.69 Å². The molecule has 0 saturated carbocycles. The van der Waals surface area contributed by atoms with Crippen LogP contribution in [0.3, 0.4) is 0 Å². The predicted molar refractivity (Wildman–Crippen MR) is 78.0 cm³/mol. The van der Waals surface area contributed by atoms with E-state index >= 15 is 0 Å². The molecule has 2 aromatic carbocycles. The number of hydrogen-bond donors (Lipinski definition) is 3. The van der Waals surface area contributed by atoms with Gasteiger partial charge in [0.1, 0.15) is 0 Å². The fourth-order valence-corrected chi connectivity index (χ4v) is 1.95. The number of para-hydroxylation sites is 2. The third-order valence-electron chi connectivity index (χ3n) is 2.97. The van der Waals surface area contributed by atoms with Gasteiger partial charge in [0.05, 0.1) is 11.3 Å². The highest BCUT2D eigenvalue weighted by Crippen LogP contribution is 2.19. The second kappa shape index (κ2) is 6.02. The minimum Gasteiger partial charge on any atom is -0.323 e. The summed E-state index contributed by atoms with van der Waals surface area (Å²) in [5.41, 5.74) is 5.60. The Morgan fingerprint density at radius 3 is 2.37 bits per heavy atom. The normalized spacial score (nSPS) is 10.0. The molecule has 0 saturated heterocycles. The molecule has 0 aromatic heterocycles. The van der Waals surface area contributed by atoms with Gasteiger partial charge in [0.15, 0.2) is 0 Å². The maximum Gasteiger partial charge on any atom is 0.257 e. The molecule has 0 heterocycles. The first-order valence-corrected chi connectivity index (χ1v) is 6.21. The highest BCUT2D eigenvalue weighted by atomic mass is 16.1. The van der Waals surface area contributed by atoms with E-state index in [1.807, 2.05) is 36.4 Å². The van der Waals surface area contributed by atoms with E-state index in [0.717, 1.165) is 17.7 Å². The average Bonchev–Trinajstić information content (AvgIpc) is 2.47. The second-order valence-electron chi connectivity index (χ2n) is 4.15. The third-order valence-corrected chi connectivity index (χ3v) is 2.97. The fourth-order valence-electron chi connectivity index (χ4n) is 1.95. The van der Waals surface area contributed by atoms with Crippen molar-refractivity contribution >= 4 is 17.3 Å². The number of amides is 1. The van der Waals surface area contributed by atoms with Gasteiger partial charge in [0.25, 0.3) is 5.91 Å². The van der Waals surface area contributed by atoms with Crippen molar-refractivity contribution in [2.45, 2.75) is 13.3 Å². The fraction of sp³-hybridized carbons (Fsp3) is 0.133. The van der Waals surface area contributed by atoms with Crippen LogP contribution in [-0.4, -0.2) is 5.91 Å². The number of nitrogen functional groups attached to an aromatic ring is 1. The molecule has 0 spiro atoms. The number of hydrogen-bond acceptors (Lipinski definition) is 3. The molecule has 98 valence electrons. The van der Waals surface area contributed by atoms with Crippen molar-refractivity contribution in [3.8, 4) is 0 Å². The average molecular weight is 255 g/mol. The van der Waals surface area contributed by atoms with Crippen molar-refractivity contribution in [2.75, 3.05) is 10.7 Å². The predicted octanol–water partition coefficient (Wildman–Crippen LogP) is 2.79. The lowest BCUT2D eigenvalue weighted by Crippen LogP contribution is -2.17. The number of carbonyl (C=O) groups is 1. The summed E-state index contributed by atoms with van der Waals surface area (Å²) < 4.78 is 0. The van der Waals surface area contributed by atoms with Gasteiger partial charge in [-0.15, -0.1) is 0 Å². The van der Waals surface area contributed by atoms with Gasteiger partial charge < -0.3 is 10.7 Å². The lowest BCUT2D eigenvalue weighted by atomic mass is 10.1. The molecule has 0 unspecified atom stereocenters. The molecule has 0 atom stereocenters. The largest absolute Gasteiger partial charge is 0.323 e. The SMILES string of the molecule is CCc1ccccc1NC(=O)c1ccccc1NN. The van der Waals surface area contributed by atoms with Gasteiger partial charge in [-0.3, -0.25) is 10.6 Å². The van der Waals surface area contributed by atoms with E-state index in [1.54, 1.807) is 12.1 Å². The number of nitrogens with one attached hydrogen (secondary N) is 2. The Kier molecular flexibility index (Phi) is 4.15. The third kappa shape index (κ3) is 2.92. The number of rotatable bonds is 4. The molecule has 0 aliphatic carbocycles. The lowest BCUT2D eigenvalue weighted by molar-refractivity contribution is 0.102. The van der Waals surface area contributed by atoms with E-state index in [0.29, 0.717) is 11.3 Å². The van der Waals surface area contributed by atoms with Crippen LogP contribution in [-0.2, 0) is 6.42 Å². The molecular weight excluding hydrogens is 238 g/mol. The zero-order chi connectivity index (χ0) is 13.7. The smallest absolute Gasteiger partial charge is 0.257 e. The van der Waals surface area contributed by atoms with E-state index in [2.05, 4.69) is 17.7 Å². The van der Waals surface area contributed by atoms with Crippen LogP contribution in [0, 0.1) is 0 Å². The Bertz CT molecular complexity index is 581. The van der Waals surface area contributed by atoms with Gasteiger partial charge in [-0.25, -0.2) is 0 Å². The molecular formula is C15H17N3O. The van der Waals surface area contributed by atoms with Gasteiger partial charge in [0.2, 0.25) is 0 Å². The quantitative estimate of drug-likeness (QED) is 0.581. The van der Waals surface area contributed by atoms with Crippen molar-refractivity contribution < 1.29 is 4.79 Å². The lowest BCUT2D eigenvalue weighted by Gasteiger charge is -2.12. The van der Waals surface area contributed by atoms with Gasteiger partial charge in [-0.05, 0) is 30.2 Å². The Labute approximate surface area is 112 Å². The first-order chi connectivity index (χ1) is 9.26. The summed E-state index contributed by atoms with van der Waals surface area (Å²) in [6.07, 6.45) is 0.868. The van der Waals surface area contributed by atoms with Crippen LogP contribution >= 0.6 is 0 Å². The van der Waals surface area contributed by atoms with Crippen LogP contribution in [0.1, 0.15) is 22.8 Å². The van der Waals surface area contributed by atoms with Crippen LogP contribution in [0.15, 0.2) is 48.5 Å². The molecule has 19 heavy (non-hydrogen) atoms. The minimum absolute atomic E-state index is 0.172. The van der Waals surface area contributed by atoms with Gasteiger partial charge in [-0.1, -0.05) is 37.3 Å². The molecule has 0 aliphatic heterocycles. The summed E-state index contributed by atoms with van der Waals surface area (Å²) in [5, 5.41) is 2.92. The number of benzene rings is 2. The Balaban J connectivity index is 2.26. The zero-order valence-electron chi connectivity index (χ0n) is 10.8. The second-order valence-corrected chi connectivity index (χ2v) is 4.15. The van der Waals surface area contributed by atoms with Crippen molar-refractivity contribution in [3.05, 3.63) is 59.7 Å². The topological polar surface area (TPSA) is 67.2 Å². The summed E-state index contributed by atoms with van der Waals surface area (Å²) in [7, 11) is 0. The highest BCUT2D eigenvalue weighted by Gasteiger charge is 2.11. The minimum atomic E-state index is -0.172.